The molecule has 3 aromatic rings. The molecular formula is C27H26F3NO3S. The van der Waals surface area contributed by atoms with Crippen LogP contribution in [-0.2, 0) is 14.8 Å². The molecule has 2 aliphatic heterocycles. The second-order valence-electron chi connectivity index (χ2n) is 9.28. The number of ether oxygens (including phenoxy) is 1. The van der Waals surface area contributed by atoms with Gasteiger partial charge in [-0.05, 0) is 49.4 Å². The lowest BCUT2D eigenvalue weighted by molar-refractivity contribution is -0.101. The second kappa shape index (κ2) is 9.41. The van der Waals surface area contributed by atoms with Crippen LogP contribution in [0.1, 0.15) is 41.7 Å². The molecule has 0 amide bonds. The lowest BCUT2D eigenvalue weighted by atomic mass is 9.70. The van der Waals surface area contributed by atoms with Gasteiger partial charge in [0.1, 0.15) is 5.82 Å². The van der Waals surface area contributed by atoms with Gasteiger partial charge in [-0.25, -0.2) is 21.6 Å². The van der Waals surface area contributed by atoms with E-state index >= 15 is 0 Å². The highest BCUT2D eigenvalue weighted by molar-refractivity contribution is 7.89. The van der Waals surface area contributed by atoms with Crippen LogP contribution in [0.2, 0.25) is 0 Å². The molecule has 0 N–H and O–H groups in total. The summed E-state index contributed by atoms with van der Waals surface area (Å²) < 4.78 is 78.0. The molecule has 2 aliphatic rings. The van der Waals surface area contributed by atoms with Gasteiger partial charge in [-0.3, -0.25) is 0 Å². The Hall–Kier alpha value is -2.68. The van der Waals surface area contributed by atoms with E-state index in [1.807, 2.05) is 37.3 Å². The first kappa shape index (κ1) is 24.0. The summed E-state index contributed by atoms with van der Waals surface area (Å²) in [5.41, 5.74) is 1.60. The molecule has 3 aromatic carbocycles. The van der Waals surface area contributed by atoms with Crippen molar-refractivity contribution in [2.75, 3.05) is 13.2 Å². The monoisotopic (exact) mass is 501 g/mol. The number of benzene rings is 3. The minimum Gasteiger partial charge on any atom is -0.373 e. The third-order valence-electron chi connectivity index (χ3n) is 7.19. The highest BCUT2D eigenvalue weighted by Crippen LogP contribution is 2.52. The SMILES string of the molecule is Cc1ccc(S(=O)(=O)N2CC[C@H]3CCO[C@@H](c4cc(F)c(F)cc4F)[C@@H]3[C@H]2c2ccccc2)cc1. The van der Waals surface area contributed by atoms with Crippen LogP contribution in [0.4, 0.5) is 13.2 Å². The molecule has 0 aromatic heterocycles. The highest BCUT2D eigenvalue weighted by Gasteiger charge is 2.50. The van der Waals surface area contributed by atoms with Crippen LogP contribution in [0, 0.1) is 36.2 Å². The average molecular weight is 502 g/mol. The first-order valence-corrected chi connectivity index (χ1v) is 13.1. The Bertz CT molecular complexity index is 1320. The Morgan fingerprint density at radius 2 is 1.57 bits per heavy atom. The number of fused-ring (bicyclic) bond motifs is 1. The summed E-state index contributed by atoms with van der Waals surface area (Å²) in [4.78, 5) is 0.176. The van der Waals surface area contributed by atoms with Gasteiger partial charge in [-0.2, -0.15) is 4.31 Å². The van der Waals surface area contributed by atoms with Crippen molar-refractivity contribution in [2.45, 2.75) is 36.8 Å². The Labute approximate surface area is 203 Å². The number of nitrogens with zero attached hydrogens (tertiary/aromatic N) is 1. The number of hydrogen-bond donors (Lipinski definition) is 0. The Morgan fingerprint density at radius 1 is 0.886 bits per heavy atom. The molecule has 0 unspecified atom stereocenters. The molecule has 4 nitrogen and oxygen atoms in total. The van der Waals surface area contributed by atoms with Crippen molar-refractivity contribution in [1.29, 1.82) is 0 Å². The third-order valence-corrected chi connectivity index (χ3v) is 9.08. The molecule has 0 spiro atoms. The second-order valence-corrected chi connectivity index (χ2v) is 11.2. The summed E-state index contributed by atoms with van der Waals surface area (Å²) in [6.45, 7) is 2.51. The number of aryl methyl sites for hydroxylation is 1. The molecule has 8 heteroatoms. The Kier molecular flexibility index (Phi) is 6.46. The standard InChI is InChI=1S/C27H26F3NO3S/c1-17-7-9-20(10-8-17)35(32,33)31-13-11-18-12-14-34-27(21-15-23(29)24(30)16-22(21)28)25(18)26(31)19-5-3-2-4-6-19/h2-10,15-16,18,25-27H,11-14H2,1H3/t18-,25-,26+,27-/m0/s1. The molecule has 2 saturated heterocycles. The smallest absolute Gasteiger partial charge is 0.243 e. The molecule has 0 aliphatic carbocycles. The van der Waals surface area contributed by atoms with Crippen molar-refractivity contribution in [2.24, 2.45) is 11.8 Å². The molecule has 184 valence electrons. The van der Waals surface area contributed by atoms with Gasteiger partial charge in [-0.15, -0.1) is 0 Å². The van der Waals surface area contributed by atoms with Crippen molar-refractivity contribution in [1.82, 2.24) is 4.31 Å². The normalized spacial score (nSPS) is 25.3. The van der Waals surface area contributed by atoms with E-state index in [9.17, 15) is 21.6 Å². The molecule has 2 heterocycles. The topological polar surface area (TPSA) is 46.6 Å². The molecule has 0 radical (unpaired) electrons. The van der Waals surface area contributed by atoms with E-state index in [0.29, 0.717) is 32.1 Å². The van der Waals surface area contributed by atoms with Crippen molar-refractivity contribution in [3.05, 3.63) is 101 Å². The summed E-state index contributed by atoms with van der Waals surface area (Å²) in [6, 6.07) is 16.6. The van der Waals surface area contributed by atoms with E-state index in [2.05, 4.69) is 0 Å². The minimum absolute atomic E-state index is 0.0240. The molecular weight excluding hydrogens is 475 g/mol. The van der Waals surface area contributed by atoms with E-state index < -0.39 is 45.5 Å². The summed E-state index contributed by atoms with van der Waals surface area (Å²) in [6.07, 6.45) is 0.309. The number of piperidine rings is 1. The zero-order chi connectivity index (χ0) is 24.7. The zero-order valence-corrected chi connectivity index (χ0v) is 20.0. The van der Waals surface area contributed by atoms with Gasteiger partial charge in [0.2, 0.25) is 10.0 Å². The maximum Gasteiger partial charge on any atom is 0.243 e. The average Bonchev–Trinajstić information content (AvgIpc) is 2.86. The van der Waals surface area contributed by atoms with E-state index in [1.54, 1.807) is 24.3 Å². The summed E-state index contributed by atoms with van der Waals surface area (Å²) >= 11 is 0. The predicted octanol–water partition coefficient (Wildman–Crippen LogP) is 5.94. The fraction of sp³-hybridized carbons (Fsp3) is 0.333. The van der Waals surface area contributed by atoms with Crippen LogP contribution in [0.3, 0.4) is 0 Å². The first-order valence-electron chi connectivity index (χ1n) is 11.7. The number of rotatable bonds is 4. The number of halogens is 3. The zero-order valence-electron chi connectivity index (χ0n) is 19.2. The predicted molar refractivity (Wildman–Crippen MR) is 125 cm³/mol. The quantitative estimate of drug-likeness (QED) is 0.416. The van der Waals surface area contributed by atoms with Crippen LogP contribution >= 0.6 is 0 Å². The van der Waals surface area contributed by atoms with E-state index in [1.165, 1.54) is 4.31 Å². The summed E-state index contributed by atoms with van der Waals surface area (Å²) in [7, 11) is -3.91. The fourth-order valence-corrected chi connectivity index (χ4v) is 7.15. The van der Waals surface area contributed by atoms with Gasteiger partial charge in [0, 0.05) is 30.7 Å². The first-order chi connectivity index (χ1) is 16.8. The number of hydrogen-bond acceptors (Lipinski definition) is 3. The maximum atomic E-state index is 14.9. The van der Waals surface area contributed by atoms with Crippen molar-refractivity contribution in [3.8, 4) is 0 Å². The van der Waals surface area contributed by atoms with E-state index in [0.717, 1.165) is 17.2 Å². The Balaban J connectivity index is 1.65. The summed E-state index contributed by atoms with van der Waals surface area (Å²) in [5, 5.41) is 0. The van der Waals surface area contributed by atoms with Crippen LogP contribution < -0.4 is 0 Å². The highest BCUT2D eigenvalue weighted by atomic mass is 32.2. The summed E-state index contributed by atoms with van der Waals surface area (Å²) in [5.74, 6) is -3.80. The molecule has 5 rings (SSSR count). The van der Waals surface area contributed by atoms with E-state index in [-0.39, 0.29) is 16.4 Å². The van der Waals surface area contributed by atoms with Crippen molar-refractivity contribution >= 4 is 10.0 Å². The molecule has 0 saturated carbocycles. The van der Waals surface area contributed by atoms with Crippen LogP contribution in [0.15, 0.2) is 71.6 Å². The van der Waals surface area contributed by atoms with Gasteiger partial charge >= 0.3 is 0 Å². The minimum atomic E-state index is -3.91. The molecule has 2 fully saturated rings. The van der Waals surface area contributed by atoms with Gasteiger partial charge in [-0.1, -0.05) is 48.0 Å². The van der Waals surface area contributed by atoms with Gasteiger partial charge in [0.25, 0.3) is 0 Å². The van der Waals surface area contributed by atoms with E-state index in [4.69, 9.17) is 4.74 Å². The maximum absolute atomic E-state index is 14.9. The van der Waals surface area contributed by atoms with Crippen LogP contribution in [-0.4, -0.2) is 25.9 Å². The van der Waals surface area contributed by atoms with Crippen molar-refractivity contribution < 1.29 is 26.3 Å². The van der Waals surface area contributed by atoms with Gasteiger partial charge in [0.05, 0.1) is 17.0 Å². The van der Waals surface area contributed by atoms with Gasteiger partial charge < -0.3 is 4.74 Å². The van der Waals surface area contributed by atoms with Crippen LogP contribution in [0.5, 0.6) is 0 Å². The van der Waals surface area contributed by atoms with Crippen LogP contribution in [0.25, 0.3) is 0 Å². The molecule has 35 heavy (non-hydrogen) atoms. The largest absolute Gasteiger partial charge is 0.373 e. The molecule has 0 bridgehead atoms. The molecule has 4 atom stereocenters. The Morgan fingerprint density at radius 3 is 2.29 bits per heavy atom. The number of sulfonamides is 1. The fourth-order valence-electron chi connectivity index (χ4n) is 5.49. The lowest BCUT2D eigenvalue weighted by Gasteiger charge is -2.50. The van der Waals surface area contributed by atoms with Gasteiger partial charge in [0.15, 0.2) is 11.6 Å². The lowest BCUT2D eigenvalue weighted by Crippen LogP contribution is -2.50. The van der Waals surface area contributed by atoms with Crippen molar-refractivity contribution in [3.63, 3.8) is 0 Å². The third kappa shape index (κ3) is 4.39.